The molecule has 0 bridgehead atoms. The number of carbonyl (C=O) groups is 1. The van der Waals surface area contributed by atoms with Crippen molar-refractivity contribution in [3.63, 3.8) is 0 Å². The lowest BCUT2D eigenvalue weighted by Gasteiger charge is -2.17. The molecule has 6 nitrogen and oxygen atoms in total. The van der Waals surface area contributed by atoms with Gasteiger partial charge in [0, 0.05) is 18.1 Å². The molecule has 0 saturated carbocycles. The van der Waals surface area contributed by atoms with Crippen molar-refractivity contribution in [1.82, 2.24) is 9.97 Å². The monoisotopic (exact) mass is 326 g/mol. The summed E-state index contributed by atoms with van der Waals surface area (Å²) in [5, 5.41) is 0. The topological polar surface area (TPSA) is 81.3 Å². The number of aromatic amines is 1. The first-order valence-corrected chi connectivity index (χ1v) is 7.57. The van der Waals surface area contributed by atoms with E-state index in [4.69, 9.17) is 4.74 Å². The highest BCUT2D eigenvalue weighted by Crippen LogP contribution is 2.38. The van der Waals surface area contributed by atoms with E-state index in [-0.39, 0.29) is 17.1 Å². The van der Waals surface area contributed by atoms with Crippen LogP contribution in [0.1, 0.15) is 41.3 Å². The molecule has 1 aromatic heterocycles. The normalized spacial score (nSPS) is 15.1. The van der Waals surface area contributed by atoms with Crippen molar-refractivity contribution in [2.45, 2.75) is 25.9 Å². The highest BCUT2D eigenvalue weighted by atomic mass is 16.5. The Hall–Kier alpha value is -2.89. The Morgan fingerprint density at radius 2 is 2.17 bits per heavy atom. The lowest BCUT2D eigenvalue weighted by atomic mass is 10.0. The molecule has 0 fully saturated rings. The number of nitrogens with one attached hydrogen (secondary N) is 1. The van der Waals surface area contributed by atoms with E-state index in [2.05, 4.69) is 14.7 Å². The van der Waals surface area contributed by atoms with Crippen LogP contribution in [0.2, 0.25) is 0 Å². The van der Waals surface area contributed by atoms with Gasteiger partial charge in [-0.2, -0.15) is 0 Å². The van der Waals surface area contributed by atoms with Gasteiger partial charge in [-0.15, -0.1) is 0 Å². The number of esters is 1. The largest absolute Gasteiger partial charge is 0.487 e. The van der Waals surface area contributed by atoms with Gasteiger partial charge in [0.05, 0.1) is 7.11 Å². The summed E-state index contributed by atoms with van der Waals surface area (Å²) >= 11 is 0. The fourth-order valence-electron chi connectivity index (χ4n) is 2.70. The van der Waals surface area contributed by atoms with E-state index in [1.165, 1.54) is 7.11 Å². The Kier molecular flexibility index (Phi) is 3.97. The predicted molar refractivity (Wildman–Crippen MR) is 90.0 cm³/mol. The summed E-state index contributed by atoms with van der Waals surface area (Å²) in [5.74, 6) is 0.462. The Morgan fingerprint density at radius 1 is 1.38 bits per heavy atom. The maximum absolute atomic E-state index is 11.7. The molecule has 0 saturated heterocycles. The summed E-state index contributed by atoms with van der Waals surface area (Å²) in [6, 6.07) is 7.04. The molecule has 1 aliphatic rings. The summed E-state index contributed by atoms with van der Waals surface area (Å²) < 4.78 is 10.6. The van der Waals surface area contributed by atoms with Crippen molar-refractivity contribution in [2.75, 3.05) is 7.11 Å². The van der Waals surface area contributed by atoms with Crippen LogP contribution in [-0.2, 0) is 11.2 Å². The number of hydrogen-bond donors (Lipinski definition) is 1. The van der Waals surface area contributed by atoms with Crippen molar-refractivity contribution in [1.29, 1.82) is 0 Å². The minimum absolute atomic E-state index is 0.0310. The van der Waals surface area contributed by atoms with E-state index in [9.17, 15) is 9.59 Å². The van der Waals surface area contributed by atoms with Crippen LogP contribution in [0.5, 0.6) is 5.75 Å². The number of H-pyrrole nitrogens is 1. The smallest absolute Gasteiger partial charge is 0.356 e. The van der Waals surface area contributed by atoms with Crippen molar-refractivity contribution >= 4 is 18.1 Å². The van der Waals surface area contributed by atoms with Crippen LogP contribution < -0.4 is 10.3 Å². The van der Waals surface area contributed by atoms with E-state index in [0.29, 0.717) is 0 Å². The zero-order valence-electron chi connectivity index (χ0n) is 13.8. The third-order valence-electron chi connectivity index (χ3n) is 3.70. The molecule has 6 heteroatoms. The van der Waals surface area contributed by atoms with Gasteiger partial charge in [0.15, 0.2) is 5.69 Å². The predicted octanol–water partition coefficient (Wildman–Crippen LogP) is 2.44. The second-order valence-corrected chi connectivity index (χ2v) is 6.21. The molecule has 1 aromatic carbocycles. The van der Waals surface area contributed by atoms with Crippen LogP contribution in [0.4, 0.5) is 0 Å². The molecule has 1 N–H and O–H groups in total. The number of nitrogens with zero attached hydrogens (tertiary/aromatic N) is 1. The molecule has 3 rings (SSSR count). The molecule has 1 aliphatic heterocycles. The van der Waals surface area contributed by atoms with Crippen molar-refractivity contribution in [3.8, 4) is 5.75 Å². The Morgan fingerprint density at radius 3 is 2.92 bits per heavy atom. The maximum atomic E-state index is 11.7. The van der Waals surface area contributed by atoms with Crippen LogP contribution in [-0.4, -0.2) is 28.6 Å². The van der Waals surface area contributed by atoms with Crippen molar-refractivity contribution in [3.05, 3.63) is 57.3 Å². The number of carbonyl (C=O) groups excluding carboxylic acids is 1. The summed E-state index contributed by atoms with van der Waals surface area (Å²) in [7, 11) is 1.24. The van der Waals surface area contributed by atoms with E-state index in [1.54, 1.807) is 12.2 Å². The molecule has 0 amide bonds. The number of rotatable bonds is 3. The number of aromatic nitrogens is 2. The van der Waals surface area contributed by atoms with E-state index in [1.807, 2.05) is 32.0 Å². The molecule has 0 radical (unpaired) electrons. The van der Waals surface area contributed by atoms with Crippen LogP contribution >= 0.6 is 0 Å². The first kappa shape index (κ1) is 16.0. The number of ether oxygens (including phenoxy) is 2. The van der Waals surface area contributed by atoms with Gasteiger partial charge in [-0.3, -0.25) is 4.79 Å². The second kappa shape index (κ2) is 5.96. The van der Waals surface area contributed by atoms with Crippen LogP contribution in [0.15, 0.2) is 29.1 Å². The average molecular weight is 326 g/mol. The number of methoxy groups -OCH3 is 1. The number of fused-ring (bicyclic) bond motifs is 1. The zero-order valence-corrected chi connectivity index (χ0v) is 13.8. The molecule has 24 heavy (non-hydrogen) atoms. The van der Waals surface area contributed by atoms with Gasteiger partial charge < -0.3 is 14.5 Å². The number of hydrogen-bond acceptors (Lipinski definition) is 5. The Balaban J connectivity index is 1.94. The van der Waals surface area contributed by atoms with Crippen LogP contribution in [0.3, 0.4) is 0 Å². The SMILES string of the molecule is COC(=O)c1cc(=O)[nH]c(C=Cc2cccc3c2OC(C)(C)C3)n1. The lowest BCUT2D eigenvalue weighted by Crippen LogP contribution is -2.24. The average Bonchev–Trinajstić information content (AvgIpc) is 2.86. The summed E-state index contributed by atoms with van der Waals surface area (Å²) in [6.45, 7) is 4.08. The van der Waals surface area contributed by atoms with Crippen LogP contribution in [0, 0.1) is 0 Å². The standard InChI is InChI=1S/C18H18N2O4/c1-18(2)10-12-6-4-5-11(16(12)24-18)7-8-14-19-13(17(22)23-3)9-15(21)20-14/h4-9H,10H2,1-3H3,(H,19,20,21). The highest BCUT2D eigenvalue weighted by Gasteiger charge is 2.30. The van der Waals surface area contributed by atoms with E-state index in [0.717, 1.165) is 29.4 Å². The molecule has 0 unspecified atom stereocenters. The van der Waals surface area contributed by atoms with Gasteiger partial charge in [0.2, 0.25) is 0 Å². The van der Waals surface area contributed by atoms with Gasteiger partial charge in [-0.25, -0.2) is 9.78 Å². The van der Waals surface area contributed by atoms with Crippen LogP contribution in [0.25, 0.3) is 12.2 Å². The van der Waals surface area contributed by atoms with Gasteiger partial charge in [-0.1, -0.05) is 18.2 Å². The second-order valence-electron chi connectivity index (χ2n) is 6.21. The minimum Gasteiger partial charge on any atom is -0.487 e. The first-order valence-electron chi connectivity index (χ1n) is 7.57. The van der Waals surface area contributed by atoms with E-state index >= 15 is 0 Å². The van der Waals surface area contributed by atoms with Gasteiger partial charge >= 0.3 is 5.97 Å². The maximum Gasteiger partial charge on any atom is 0.356 e. The van der Waals surface area contributed by atoms with Crippen molar-refractivity contribution in [2.24, 2.45) is 0 Å². The molecule has 124 valence electrons. The molecule has 2 aromatic rings. The molecule has 2 heterocycles. The molecular weight excluding hydrogens is 308 g/mol. The third kappa shape index (κ3) is 3.22. The summed E-state index contributed by atoms with van der Waals surface area (Å²) in [5.41, 5.74) is 1.36. The molecular formula is C18H18N2O4. The van der Waals surface area contributed by atoms with E-state index < -0.39 is 11.5 Å². The number of para-hydroxylation sites is 1. The quantitative estimate of drug-likeness (QED) is 0.876. The van der Waals surface area contributed by atoms with Crippen molar-refractivity contribution < 1.29 is 14.3 Å². The fraction of sp³-hybridized carbons (Fsp3) is 0.278. The Bertz CT molecular complexity index is 881. The van der Waals surface area contributed by atoms with Gasteiger partial charge in [-0.05, 0) is 31.6 Å². The zero-order chi connectivity index (χ0) is 17.3. The van der Waals surface area contributed by atoms with Gasteiger partial charge in [0.1, 0.15) is 17.2 Å². The molecule has 0 spiro atoms. The lowest BCUT2D eigenvalue weighted by molar-refractivity contribution is 0.0593. The highest BCUT2D eigenvalue weighted by molar-refractivity contribution is 5.87. The minimum atomic E-state index is -0.651. The molecule has 0 aliphatic carbocycles. The third-order valence-corrected chi connectivity index (χ3v) is 3.70. The first-order chi connectivity index (χ1) is 11.4. The summed E-state index contributed by atoms with van der Waals surface area (Å²) in [6.07, 6.45) is 4.29. The fourth-order valence-corrected chi connectivity index (χ4v) is 2.70. The van der Waals surface area contributed by atoms with Gasteiger partial charge in [0.25, 0.3) is 5.56 Å². The summed E-state index contributed by atoms with van der Waals surface area (Å²) in [4.78, 5) is 29.9. The molecule has 0 atom stereocenters. The Labute approximate surface area is 139 Å². The number of benzene rings is 1.